The molecule has 0 bridgehead atoms. The van der Waals surface area contributed by atoms with Crippen LogP contribution < -0.4 is 10.0 Å². The second-order valence-corrected chi connectivity index (χ2v) is 7.10. The van der Waals surface area contributed by atoms with Gasteiger partial charge in [-0.2, -0.15) is 0 Å². The van der Waals surface area contributed by atoms with Crippen LogP contribution in [0.15, 0.2) is 23.1 Å². The maximum absolute atomic E-state index is 12.3. The predicted molar refractivity (Wildman–Crippen MR) is 76.3 cm³/mol. The van der Waals surface area contributed by atoms with E-state index in [4.69, 9.17) is 4.74 Å². The van der Waals surface area contributed by atoms with E-state index in [9.17, 15) is 8.42 Å². The summed E-state index contributed by atoms with van der Waals surface area (Å²) in [5.74, 6) is 0. The summed E-state index contributed by atoms with van der Waals surface area (Å²) in [6.45, 7) is 2.46. The fourth-order valence-electron chi connectivity index (χ4n) is 2.75. The highest BCUT2D eigenvalue weighted by Gasteiger charge is 2.21. The zero-order chi connectivity index (χ0) is 14.0. The lowest BCUT2D eigenvalue weighted by Gasteiger charge is -2.23. The zero-order valence-corrected chi connectivity index (χ0v) is 12.2. The second-order valence-electron chi connectivity index (χ2n) is 5.33. The molecule has 2 N–H and O–H groups in total. The van der Waals surface area contributed by atoms with Crippen molar-refractivity contribution < 1.29 is 13.2 Å². The number of hydrogen-bond donors (Lipinski definition) is 2. The molecule has 0 spiro atoms. The van der Waals surface area contributed by atoms with E-state index < -0.39 is 10.0 Å². The Balaban J connectivity index is 1.68. The molecule has 1 atom stereocenters. The van der Waals surface area contributed by atoms with Gasteiger partial charge in [0.05, 0.1) is 17.6 Å². The lowest BCUT2D eigenvalue weighted by molar-refractivity contribution is 0.0324. The number of morpholine rings is 1. The van der Waals surface area contributed by atoms with Crippen molar-refractivity contribution in [3.8, 4) is 0 Å². The highest BCUT2D eigenvalue weighted by Crippen LogP contribution is 2.24. The van der Waals surface area contributed by atoms with Crippen molar-refractivity contribution in [1.82, 2.24) is 10.0 Å². The highest BCUT2D eigenvalue weighted by molar-refractivity contribution is 7.89. The number of hydrogen-bond acceptors (Lipinski definition) is 4. The first-order valence-corrected chi connectivity index (χ1v) is 8.57. The van der Waals surface area contributed by atoms with Gasteiger partial charge in [0.1, 0.15) is 0 Å². The van der Waals surface area contributed by atoms with Crippen molar-refractivity contribution in [3.05, 3.63) is 29.3 Å². The molecule has 2 aliphatic rings. The van der Waals surface area contributed by atoms with E-state index in [1.807, 2.05) is 12.1 Å². The number of nitrogens with one attached hydrogen (secondary N) is 2. The minimum Gasteiger partial charge on any atom is -0.374 e. The van der Waals surface area contributed by atoms with Crippen LogP contribution in [0.5, 0.6) is 0 Å². The molecule has 1 aromatic carbocycles. The first kappa shape index (κ1) is 14.0. The molecule has 20 heavy (non-hydrogen) atoms. The van der Waals surface area contributed by atoms with Crippen LogP contribution >= 0.6 is 0 Å². The molecule has 1 saturated heterocycles. The van der Waals surface area contributed by atoms with Gasteiger partial charge >= 0.3 is 0 Å². The number of aryl methyl sites for hydroxylation is 2. The molecule has 1 unspecified atom stereocenters. The molecule has 0 saturated carbocycles. The maximum atomic E-state index is 12.3. The summed E-state index contributed by atoms with van der Waals surface area (Å²) in [7, 11) is -3.44. The summed E-state index contributed by atoms with van der Waals surface area (Å²) >= 11 is 0. The average molecular weight is 296 g/mol. The van der Waals surface area contributed by atoms with E-state index in [1.54, 1.807) is 6.07 Å². The average Bonchev–Trinajstić information content (AvgIpc) is 2.94. The largest absolute Gasteiger partial charge is 0.374 e. The molecule has 1 aromatic rings. The maximum Gasteiger partial charge on any atom is 0.240 e. The monoisotopic (exact) mass is 296 g/mol. The van der Waals surface area contributed by atoms with Crippen molar-refractivity contribution in [2.75, 3.05) is 26.2 Å². The van der Waals surface area contributed by atoms with Gasteiger partial charge in [-0.05, 0) is 42.5 Å². The summed E-state index contributed by atoms with van der Waals surface area (Å²) in [5.41, 5.74) is 2.45. The van der Waals surface area contributed by atoms with Crippen LogP contribution in [-0.2, 0) is 27.6 Å². The Morgan fingerprint density at radius 3 is 2.95 bits per heavy atom. The highest BCUT2D eigenvalue weighted by atomic mass is 32.2. The van der Waals surface area contributed by atoms with Gasteiger partial charge in [-0.15, -0.1) is 0 Å². The van der Waals surface area contributed by atoms with Gasteiger partial charge in [-0.25, -0.2) is 13.1 Å². The Labute approximate surface area is 119 Å². The van der Waals surface area contributed by atoms with Crippen LogP contribution in [0.1, 0.15) is 17.5 Å². The third-order valence-corrected chi connectivity index (χ3v) is 5.31. The van der Waals surface area contributed by atoms with Crippen molar-refractivity contribution in [2.45, 2.75) is 30.3 Å². The molecular formula is C14H20N2O3S. The van der Waals surface area contributed by atoms with Gasteiger partial charge in [0.25, 0.3) is 0 Å². The number of ether oxygens (including phenoxy) is 1. The summed E-state index contributed by atoms with van der Waals surface area (Å²) in [6, 6.07) is 5.45. The molecule has 1 aliphatic carbocycles. The Kier molecular flexibility index (Phi) is 4.07. The Bertz CT molecular complexity index is 580. The third-order valence-electron chi connectivity index (χ3n) is 3.89. The van der Waals surface area contributed by atoms with E-state index >= 15 is 0 Å². The van der Waals surface area contributed by atoms with Crippen molar-refractivity contribution in [1.29, 1.82) is 0 Å². The molecule has 110 valence electrons. The zero-order valence-electron chi connectivity index (χ0n) is 11.4. The van der Waals surface area contributed by atoms with E-state index in [1.165, 1.54) is 11.1 Å². The van der Waals surface area contributed by atoms with Gasteiger partial charge in [0, 0.05) is 19.6 Å². The number of rotatable bonds is 4. The number of benzene rings is 1. The molecule has 6 heteroatoms. The van der Waals surface area contributed by atoms with Crippen molar-refractivity contribution in [3.63, 3.8) is 0 Å². The van der Waals surface area contributed by atoms with Gasteiger partial charge in [-0.3, -0.25) is 0 Å². The standard InChI is InChI=1S/C14H20N2O3S/c17-20(18,16-10-13-9-15-6-7-19-13)14-5-4-11-2-1-3-12(11)8-14/h4-5,8,13,15-16H,1-3,6-7,9-10H2. The van der Waals surface area contributed by atoms with Gasteiger partial charge in [0.2, 0.25) is 10.0 Å². The smallest absolute Gasteiger partial charge is 0.240 e. The van der Waals surface area contributed by atoms with Crippen LogP contribution in [-0.4, -0.2) is 40.8 Å². The molecule has 5 nitrogen and oxygen atoms in total. The fraction of sp³-hybridized carbons (Fsp3) is 0.571. The summed E-state index contributed by atoms with van der Waals surface area (Å²) in [4.78, 5) is 0.363. The second kappa shape index (κ2) is 5.81. The molecule has 1 fully saturated rings. The predicted octanol–water partition coefficient (Wildman–Crippen LogP) is 0.442. The molecule has 0 radical (unpaired) electrons. The van der Waals surface area contributed by atoms with Crippen LogP contribution in [0.2, 0.25) is 0 Å². The van der Waals surface area contributed by atoms with E-state index in [-0.39, 0.29) is 6.10 Å². The van der Waals surface area contributed by atoms with Gasteiger partial charge < -0.3 is 10.1 Å². The van der Waals surface area contributed by atoms with E-state index in [2.05, 4.69) is 10.0 Å². The summed E-state index contributed by atoms with van der Waals surface area (Å²) in [6.07, 6.45) is 3.07. The lowest BCUT2D eigenvalue weighted by Crippen LogP contribution is -2.45. The topological polar surface area (TPSA) is 67.4 Å². The normalized spacial score (nSPS) is 22.7. The minimum atomic E-state index is -3.44. The lowest BCUT2D eigenvalue weighted by atomic mass is 10.1. The molecule has 3 rings (SSSR count). The SMILES string of the molecule is O=S(=O)(NCC1CNCCO1)c1ccc2c(c1)CCC2. The first-order valence-electron chi connectivity index (χ1n) is 7.09. The molecule has 0 aromatic heterocycles. The summed E-state index contributed by atoms with van der Waals surface area (Å²) < 4.78 is 32.7. The quantitative estimate of drug-likeness (QED) is 0.846. The number of sulfonamides is 1. The third kappa shape index (κ3) is 3.03. The molecule has 0 amide bonds. The fourth-order valence-corrected chi connectivity index (χ4v) is 3.87. The van der Waals surface area contributed by atoms with E-state index in [0.717, 1.165) is 25.8 Å². The van der Waals surface area contributed by atoms with Crippen LogP contribution in [0.25, 0.3) is 0 Å². The summed E-state index contributed by atoms with van der Waals surface area (Å²) in [5, 5.41) is 3.19. The van der Waals surface area contributed by atoms with Crippen molar-refractivity contribution >= 4 is 10.0 Å². The first-order chi connectivity index (χ1) is 9.65. The Morgan fingerprint density at radius 2 is 2.15 bits per heavy atom. The van der Waals surface area contributed by atoms with Gasteiger partial charge in [-0.1, -0.05) is 6.07 Å². The Morgan fingerprint density at radius 1 is 1.30 bits per heavy atom. The van der Waals surface area contributed by atoms with Gasteiger partial charge in [0.15, 0.2) is 0 Å². The van der Waals surface area contributed by atoms with Crippen LogP contribution in [0, 0.1) is 0 Å². The van der Waals surface area contributed by atoms with E-state index in [0.29, 0.717) is 24.6 Å². The minimum absolute atomic E-state index is 0.0899. The number of fused-ring (bicyclic) bond motifs is 1. The Hall–Kier alpha value is -0.950. The van der Waals surface area contributed by atoms with Crippen molar-refractivity contribution in [2.24, 2.45) is 0 Å². The van der Waals surface area contributed by atoms with Crippen LogP contribution in [0.4, 0.5) is 0 Å². The molecule has 1 heterocycles. The molecule has 1 aliphatic heterocycles. The molecular weight excluding hydrogens is 276 g/mol. The van der Waals surface area contributed by atoms with Crippen LogP contribution in [0.3, 0.4) is 0 Å².